The molecule has 0 aliphatic heterocycles. The van der Waals surface area contributed by atoms with Gasteiger partial charge in [-0.2, -0.15) is 0 Å². The van der Waals surface area contributed by atoms with Gasteiger partial charge < -0.3 is 10.2 Å². The number of nitrogens with one attached hydrogen (secondary N) is 1. The first-order chi connectivity index (χ1) is 12.2. The van der Waals surface area contributed by atoms with Crippen LogP contribution in [0.5, 0.6) is 0 Å². The van der Waals surface area contributed by atoms with E-state index in [-0.39, 0.29) is 5.91 Å². The number of pyridine rings is 1. The van der Waals surface area contributed by atoms with Crippen molar-refractivity contribution in [2.45, 2.75) is 6.54 Å². The topological polar surface area (TPSA) is 58.1 Å². The Labute approximate surface area is 151 Å². The van der Waals surface area contributed by atoms with E-state index in [0.29, 0.717) is 12.2 Å². The van der Waals surface area contributed by atoms with Crippen LogP contribution >= 0.6 is 11.3 Å². The van der Waals surface area contributed by atoms with Crippen LogP contribution in [0.2, 0.25) is 0 Å². The Morgan fingerprint density at radius 3 is 2.68 bits per heavy atom. The number of carbonyl (C=O) groups excluding carboxylic acids is 1. The molecular weight excluding hydrogens is 332 g/mol. The van der Waals surface area contributed by atoms with Gasteiger partial charge in [-0.15, -0.1) is 11.3 Å². The highest BCUT2D eigenvalue weighted by Crippen LogP contribution is 2.22. The van der Waals surface area contributed by atoms with Gasteiger partial charge in [-0.05, 0) is 24.7 Å². The maximum Gasteiger partial charge on any atom is 0.270 e. The smallest absolute Gasteiger partial charge is 0.270 e. The van der Waals surface area contributed by atoms with Crippen LogP contribution in [-0.4, -0.2) is 40.9 Å². The highest BCUT2D eigenvalue weighted by Gasteiger charge is 2.11. The Hall–Kier alpha value is -2.57. The summed E-state index contributed by atoms with van der Waals surface area (Å²) in [5, 5.41) is 5.55. The summed E-state index contributed by atoms with van der Waals surface area (Å²) in [5.41, 5.74) is 2.70. The molecule has 0 radical (unpaired) electrons. The molecule has 3 aromatic rings. The highest BCUT2D eigenvalue weighted by molar-refractivity contribution is 7.13. The van der Waals surface area contributed by atoms with Crippen molar-refractivity contribution in [3.63, 3.8) is 0 Å². The molecule has 0 aliphatic carbocycles. The van der Waals surface area contributed by atoms with Crippen LogP contribution in [0.3, 0.4) is 0 Å². The number of likely N-dealkylation sites (N-methyl/N-ethyl adjacent to an activating group) is 1. The van der Waals surface area contributed by atoms with Crippen LogP contribution in [0.4, 0.5) is 0 Å². The molecule has 1 amide bonds. The first-order valence-corrected chi connectivity index (χ1v) is 8.97. The van der Waals surface area contributed by atoms with Crippen LogP contribution in [0.15, 0.2) is 60.2 Å². The minimum atomic E-state index is -0.135. The van der Waals surface area contributed by atoms with Crippen molar-refractivity contribution in [3.8, 4) is 10.6 Å². The average molecular weight is 352 g/mol. The minimum Gasteiger partial charge on any atom is -0.349 e. The highest BCUT2D eigenvalue weighted by atomic mass is 32.1. The summed E-state index contributed by atoms with van der Waals surface area (Å²) >= 11 is 1.46. The van der Waals surface area contributed by atoms with Crippen molar-refractivity contribution in [1.29, 1.82) is 0 Å². The second-order valence-corrected chi connectivity index (χ2v) is 6.61. The maximum absolute atomic E-state index is 12.2. The molecule has 0 saturated heterocycles. The van der Waals surface area contributed by atoms with E-state index < -0.39 is 0 Å². The first-order valence-electron chi connectivity index (χ1n) is 8.09. The molecule has 25 heavy (non-hydrogen) atoms. The molecule has 0 fully saturated rings. The number of nitrogens with zero attached hydrogens (tertiary/aromatic N) is 3. The third kappa shape index (κ3) is 4.95. The lowest BCUT2D eigenvalue weighted by Crippen LogP contribution is -2.32. The summed E-state index contributed by atoms with van der Waals surface area (Å²) in [6.45, 7) is 2.23. The number of benzene rings is 1. The van der Waals surface area contributed by atoms with Crippen molar-refractivity contribution >= 4 is 17.2 Å². The number of thiazole rings is 1. The lowest BCUT2D eigenvalue weighted by atomic mass is 10.2. The van der Waals surface area contributed by atoms with E-state index in [1.807, 2.05) is 37.4 Å². The van der Waals surface area contributed by atoms with E-state index in [0.717, 1.165) is 23.7 Å². The molecule has 0 aliphatic rings. The fourth-order valence-corrected chi connectivity index (χ4v) is 3.24. The van der Waals surface area contributed by atoms with Crippen LogP contribution in [0.1, 0.15) is 16.1 Å². The zero-order chi connectivity index (χ0) is 17.5. The Balaban J connectivity index is 1.47. The van der Waals surface area contributed by atoms with E-state index in [2.05, 4.69) is 32.3 Å². The zero-order valence-corrected chi connectivity index (χ0v) is 14.9. The molecular formula is C19H20N4OS. The fourth-order valence-electron chi connectivity index (χ4n) is 2.43. The van der Waals surface area contributed by atoms with Crippen molar-refractivity contribution < 1.29 is 4.79 Å². The van der Waals surface area contributed by atoms with Crippen molar-refractivity contribution in [3.05, 3.63) is 71.5 Å². The van der Waals surface area contributed by atoms with Gasteiger partial charge in [0.15, 0.2) is 0 Å². The normalized spacial score (nSPS) is 10.8. The second kappa shape index (κ2) is 8.50. The molecule has 5 nitrogen and oxygen atoms in total. The number of hydrogen-bond donors (Lipinski definition) is 1. The molecule has 6 heteroatoms. The standard InChI is InChI=1S/C19H20N4OS/c1-23(13-15-5-3-2-4-6-15)12-11-21-18(24)17-14-25-19(22-17)16-7-9-20-10-8-16/h2-10,14H,11-13H2,1H3,(H,21,24). The van der Waals surface area contributed by atoms with Crippen LogP contribution < -0.4 is 5.32 Å². The van der Waals surface area contributed by atoms with Gasteiger partial charge in [-0.3, -0.25) is 9.78 Å². The van der Waals surface area contributed by atoms with Gasteiger partial charge in [0.2, 0.25) is 0 Å². The van der Waals surface area contributed by atoms with Gasteiger partial charge in [-0.25, -0.2) is 4.98 Å². The van der Waals surface area contributed by atoms with E-state index in [4.69, 9.17) is 0 Å². The molecule has 0 atom stereocenters. The average Bonchev–Trinajstić information content (AvgIpc) is 3.13. The first kappa shape index (κ1) is 17.3. The molecule has 1 aromatic carbocycles. The monoisotopic (exact) mass is 352 g/mol. The fraction of sp³-hybridized carbons (Fsp3) is 0.211. The van der Waals surface area contributed by atoms with E-state index >= 15 is 0 Å². The molecule has 0 saturated carbocycles. The van der Waals surface area contributed by atoms with Gasteiger partial charge >= 0.3 is 0 Å². The molecule has 2 heterocycles. The van der Waals surface area contributed by atoms with Gasteiger partial charge in [0.25, 0.3) is 5.91 Å². The molecule has 128 valence electrons. The third-order valence-electron chi connectivity index (χ3n) is 3.74. The van der Waals surface area contributed by atoms with Gasteiger partial charge in [0.1, 0.15) is 10.7 Å². The number of amides is 1. The van der Waals surface area contributed by atoms with Crippen molar-refractivity contribution in [2.75, 3.05) is 20.1 Å². The number of aromatic nitrogens is 2. The molecule has 0 bridgehead atoms. The maximum atomic E-state index is 12.2. The SMILES string of the molecule is CN(CCNC(=O)c1csc(-c2ccncc2)n1)Cc1ccccc1. The van der Waals surface area contributed by atoms with Gasteiger partial charge in [-0.1, -0.05) is 30.3 Å². The minimum absolute atomic E-state index is 0.135. The summed E-state index contributed by atoms with van der Waals surface area (Å²) in [4.78, 5) is 22.8. The van der Waals surface area contributed by atoms with Crippen LogP contribution in [0, 0.1) is 0 Å². The Morgan fingerprint density at radius 2 is 1.92 bits per heavy atom. The third-order valence-corrected chi connectivity index (χ3v) is 4.63. The largest absolute Gasteiger partial charge is 0.349 e. The zero-order valence-electron chi connectivity index (χ0n) is 14.1. The molecule has 3 rings (SSSR count). The summed E-state index contributed by atoms with van der Waals surface area (Å²) in [5.74, 6) is -0.135. The molecule has 2 aromatic heterocycles. The summed E-state index contributed by atoms with van der Waals surface area (Å²) in [6, 6.07) is 14.1. The lowest BCUT2D eigenvalue weighted by molar-refractivity contribution is 0.0945. The summed E-state index contributed by atoms with van der Waals surface area (Å²) < 4.78 is 0. The van der Waals surface area contributed by atoms with Gasteiger partial charge in [0, 0.05) is 43.0 Å². The van der Waals surface area contributed by atoms with Crippen molar-refractivity contribution in [2.24, 2.45) is 0 Å². The Kier molecular flexibility index (Phi) is 5.87. The summed E-state index contributed by atoms with van der Waals surface area (Å²) in [6.07, 6.45) is 3.44. The van der Waals surface area contributed by atoms with Crippen LogP contribution in [-0.2, 0) is 6.54 Å². The Bertz CT molecular complexity index is 805. The van der Waals surface area contributed by atoms with E-state index in [1.54, 1.807) is 17.8 Å². The van der Waals surface area contributed by atoms with Crippen LogP contribution in [0.25, 0.3) is 10.6 Å². The van der Waals surface area contributed by atoms with E-state index in [9.17, 15) is 4.79 Å². The second-order valence-electron chi connectivity index (χ2n) is 5.75. The summed E-state index contributed by atoms with van der Waals surface area (Å²) in [7, 11) is 2.05. The Morgan fingerprint density at radius 1 is 1.16 bits per heavy atom. The number of hydrogen-bond acceptors (Lipinski definition) is 5. The van der Waals surface area contributed by atoms with E-state index in [1.165, 1.54) is 16.9 Å². The molecule has 0 unspecified atom stereocenters. The van der Waals surface area contributed by atoms with Gasteiger partial charge in [0.05, 0.1) is 0 Å². The predicted octanol–water partition coefficient (Wildman–Crippen LogP) is 3.07. The quantitative estimate of drug-likeness (QED) is 0.710. The molecule has 1 N–H and O–H groups in total. The lowest BCUT2D eigenvalue weighted by Gasteiger charge is -2.16. The number of carbonyl (C=O) groups is 1. The molecule has 0 spiro atoms. The predicted molar refractivity (Wildman–Crippen MR) is 100 cm³/mol. The number of rotatable bonds is 7. The van der Waals surface area contributed by atoms with Crippen molar-refractivity contribution in [1.82, 2.24) is 20.2 Å².